The van der Waals surface area contributed by atoms with Crippen molar-refractivity contribution in [1.29, 1.82) is 0 Å². The van der Waals surface area contributed by atoms with Gasteiger partial charge in [-0.15, -0.1) is 0 Å². The van der Waals surface area contributed by atoms with E-state index in [-0.39, 0.29) is 11.2 Å². The molecule has 9 aromatic rings. The second-order valence-electron chi connectivity index (χ2n) is 18.4. The Kier molecular flexibility index (Phi) is 7.33. The molecule has 0 atom stereocenters. The fourth-order valence-corrected chi connectivity index (χ4v) is 13.2. The molecule has 4 fully saturated rings. The van der Waals surface area contributed by atoms with Gasteiger partial charge in [0.05, 0.1) is 11.4 Å². The first-order chi connectivity index (χ1) is 29.5. The van der Waals surface area contributed by atoms with E-state index in [2.05, 4.69) is 162 Å². The van der Waals surface area contributed by atoms with Gasteiger partial charge in [0.25, 0.3) is 0 Å². The maximum absolute atomic E-state index is 14.8. The van der Waals surface area contributed by atoms with Gasteiger partial charge in [0.1, 0.15) is 5.82 Å². The molecule has 1 spiro atoms. The highest BCUT2D eigenvalue weighted by atomic mass is 19.1. The summed E-state index contributed by atoms with van der Waals surface area (Å²) < 4.78 is 14.8. The van der Waals surface area contributed by atoms with Crippen LogP contribution in [0, 0.1) is 36.4 Å². The molecule has 0 aliphatic heterocycles. The Morgan fingerprint density at radius 2 is 0.950 bits per heavy atom. The van der Waals surface area contributed by atoms with Crippen LogP contribution in [0.15, 0.2) is 170 Å². The molecule has 3 heteroatoms. The van der Waals surface area contributed by atoms with Crippen molar-refractivity contribution in [2.75, 3.05) is 9.80 Å². The molecule has 0 heterocycles. The summed E-state index contributed by atoms with van der Waals surface area (Å²) in [4.78, 5) is 4.79. The fraction of sp³-hybridized carbons (Fsp3) is 0.193. The molecule has 0 radical (unpaired) electrons. The summed E-state index contributed by atoms with van der Waals surface area (Å²) >= 11 is 0. The van der Waals surface area contributed by atoms with Crippen molar-refractivity contribution in [2.45, 2.75) is 44.4 Å². The molecule has 4 saturated carbocycles. The van der Waals surface area contributed by atoms with Crippen LogP contribution in [0.2, 0.25) is 0 Å². The monoisotopic (exact) mass is 776 g/mol. The Labute approximate surface area is 350 Å². The summed E-state index contributed by atoms with van der Waals surface area (Å²) in [6, 6.07) is 61.6. The fourth-order valence-electron chi connectivity index (χ4n) is 13.2. The number of halogens is 1. The Morgan fingerprint density at radius 1 is 0.450 bits per heavy atom. The highest BCUT2D eigenvalue weighted by Crippen LogP contribution is 2.69. The minimum atomic E-state index is -0.227. The third-order valence-corrected chi connectivity index (χ3v) is 15.3. The highest BCUT2D eigenvalue weighted by molar-refractivity contribution is 6.28. The maximum Gasteiger partial charge on any atom is 0.123 e. The molecule has 0 N–H and O–H groups in total. The van der Waals surface area contributed by atoms with Crippen molar-refractivity contribution in [3.63, 3.8) is 0 Å². The number of rotatable bonds is 6. The first kappa shape index (κ1) is 34.4. The van der Waals surface area contributed by atoms with E-state index in [1.807, 2.05) is 12.1 Å². The van der Waals surface area contributed by atoms with Gasteiger partial charge < -0.3 is 9.80 Å². The van der Waals surface area contributed by atoms with Crippen LogP contribution >= 0.6 is 0 Å². The van der Waals surface area contributed by atoms with Gasteiger partial charge in [-0.2, -0.15) is 0 Å². The number of para-hydroxylation sites is 1. The lowest BCUT2D eigenvalue weighted by molar-refractivity contribution is -0.0399. The topological polar surface area (TPSA) is 6.48 Å². The SMILES string of the molecule is Cc1ccc(N(c2ccccc2)c2ccc3ccc4c(N(c5ccc(F)cc5)c5ccc6c(c5)C5(c7ccccc7-6)C6CC7CC(C6)CC5C7)ccc5ccc2c3c54)cc1. The molecular weight excluding hydrogens is 732 g/mol. The van der Waals surface area contributed by atoms with E-state index in [4.69, 9.17) is 0 Å². The second kappa shape index (κ2) is 12.8. The second-order valence-corrected chi connectivity index (χ2v) is 18.4. The van der Waals surface area contributed by atoms with Gasteiger partial charge in [-0.25, -0.2) is 4.39 Å². The number of aryl methyl sites for hydroxylation is 1. The lowest BCUT2D eigenvalue weighted by Gasteiger charge is -2.61. The standard InChI is InChI=1S/C57H45FN2/c1-35-11-19-44(20-12-35)59(43-7-3-2-4-8-43)53-27-15-38-14-25-50-54(28-16-39-13-24-49(53)55(38)56(39)50)60(45-21-17-42(58)18-22-45)46-23-26-48-47-9-5-6-10-51(47)57(52(48)34-46)40-30-36-29-37(32-40)33-41(57)31-36/h2-28,34,36-37,40-41H,29-33H2,1H3. The van der Waals surface area contributed by atoms with E-state index < -0.39 is 0 Å². The van der Waals surface area contributed by atoms with E-state index in [0.29, 0.717) is 11.8 Å². The van der Waals surface area contributed by atoms with Gasteiger partial charge in [-0.3, -0.25) is 0 Å². The van der Waals surface area contributed by atoms with Gasteiger partial charge in [0.2, 0.25) is 0 Å². The number of hydrogen-bond acceptors (Lipinski definition) is 2. The molecule has 4 bridgehead atoms. The average molecular weight is 777 g/mol. The van der Waals surface area contributed by atoms with Crippen molar-refractivity contribution >= 4 is 66.4 Å². The Hall–Kier alpha value is -6.45. The smallest absolute Gasteiger partial charge is 0.123 e. The van der Waals surface area contributed by atoms with Crippen LogP contribution in [0.4, 0.5) is 38.5 Å². The van der Waals surface area contributed by atoms with Gasteiger partial charge in [-0.1, -0.05) is 103 Å². The molecule has 2 nitrogen and oxygen atoms in total. The largest absolute Gasteiger partial charge is 0.310 e. The summed E-state index contributed by atoms with van der Waals surface area (Å²) in [5.74, 6) is 2.87. The van der Waals surface area contributed by atoms with E-state index in [0.717, 1.165) is 46.0 Å². The molecule has 290 valence electrons. The maximum atomic E-state index is 14.8. The third-order valence-electron chi connectivity index (χ3n) is 15.3. The van der Waals surface area contributed by atoms with Crippen molar-refractivity contribution in [3.8, 4) is 11.1 Å². The highest BCUT2D eigenvalue weighted by Gasteiger charge is 2.61. The molecule has 5 aliphatic carbocycles. The molecule has 60 heavy (non-hydrogen) atoms. The molecule has 0 unspecified atom stereocenters. The van der Waals surface area contributed by atoms with Gasteiger partial charge in [0.15, 0.2) is 0 Å². The zero-order valence-corrected chi connectivity index (χ0v) is 33.8. The minimum absolute atomic E-state index is 0.0466. The van der Waals surface area contributed by atoms with Crippen LogP contribution in [-0.2, 0) is 5.41 Å². The zero-order valence-electron chi connectivity index (χ0n) is 33.8. The Balaban J connectivity index is 1.03. The molecule has 9 aromatic carbocycles. The number of anilines is 6. The predicted molar refractivity (Wildman–Crippen MR) is 247 cm³/mol. The molecule has 0 saturated heterocycles. The van der Waals surface area contributed by atoms with E-state index >= 15 is 0 Å². The quantitative estimate of drug-likeness (QED) is 0.155. The number of fused-ring (bicyclic) bond motifs is 3. The van der Waals surface area contributed by atoms with Crippen LogP contribution in [-0.4, -0.2) is 0 Å². The first-order valence-corrected chi connectivity index (χ1v) is 22.0. The Morgan fingerprint density at radius 3 is 1.58 bits per heavy atom. The van der Waals surface area contributed by atoms with E-state index in [1.54, 1.807) is 17.7 Å². The molecular formula is C57H45FN2. The molecule has 14 rings (SSSR count). The number of nitrogens with zero attached hydrogens (tertiary/aromatic N) is 2. The Bertz CT molecular complexity index is 3100. The minimum Gasteiger partial charge on any atom is -0.310 e. The van der Waals surface area contributed by atoms with Crippen molar-refractivity contribution in [3.05, 3.63) is 192 Å². The summed E-state index contributed by atoms with van der Waals surface area (Å²) in [6.45, 7) is 2.14. The van der Waals surface area contributed by atoms with Crippen LogP contribution in [0.25, 0.3) is 43.4 Å². The predicted octanol–water partition coefficient (Wildman–Crippen LogP) is 15.7. The van der Waals surface area contributed by atoms with Crippen molar-refractivity contribution < 1.29 is 4.39 Å². The van der Waals surface area contributed by atoms with E-state index in [9.17, 15) is 4.39 Å². The summed E-state index contributed by atoms with van der Waals surface area (Å²) in [7, 11) is 0. The normalized spacial score (nSPS) is 22.2. The third kappa shape index (κ3) is 4.81. The van der Waals surface area contributed by atoms with Crippen LogP contribution < -0.4 is 9.80 Å². The van der Waals surface area contributed by atoms with Crippen LogP contribution in [0.5, 0.6) is 0 Å². The summed E-state index contributed by atoms with van der Waals surface area (Å²) in [5.41, 5.74) is 13.8. The van der Waals surface area contributed by atoms with Crippen LogP contribution in [0.1, 0.15) is 48.8 Å². The molecule has 5 aliphatic rings. The summed E-state index contributed by atoms with van der Waals surface area (Å²) in [5, 5.41) is 7.32. The lowest BCUT2D eigenvalue weighted by atomic mass is 9.43. The number of benzene rings is 9. The zero-order chi connectivity index (χ0) is 39.7. The lowest BCUT2D eigenvalue weighted by Crippen LogP contribution is -2.55. The number of hydrogen-bond donors (Lipinski definition) is 0. The molecule has 0 amide bonds. The summed E-state index contributed by atoms with van der Waals surface area (Å²) in [6.07, 6.45) is 6.80. The van der Waals surface area contributed by atoms with Gasteiger partial charge in [0, 0.05) is 38.9 Å². The first-order valence-electron chi connectivity index (χ1n) is 22.0. The average Bonchev–Trinajstić information content (AvgIpc) is 3.57. The van der Waals surface area contributed by atoms with Crippen molar-refractivity contribution in [1.82, 2.24) is 0 Å². The van der Waals surface area contributed by atoms with Crippen LogP contribution in [0.3, 0.4) is 0 Å². The van der Waals surface area contributed by atoms with Gasteiger partial charge >= 0.3 is 0 Å². The molecule has 0 aromatic heterocycles. The van der Waals surface area contributed by atoms with Crippen molar-refractivity contribution in [2.24, 2.45) is 23.7 Å². The van der Waals surface area contributed by atoms with E-state index in [1.165, 1.54) is 86.7 Å². The van der Waals surface area contributed by atoms with Gasteiger partial charge in [-0.05, 0) is 179 Å².